The van der Waals surface area contributed by atoms with Crippen molar-refractivity contribution in [2.45, 2.75) is 56.7 Å². The molecule has 1 fully saturated rings. The van der Waals surface area contributed by atoms with Gasteiger partial charge in [0.1, 0.15) is 12.9 Å². The van der Waals surface area contributed by atoms with Crippen LogP contribution < -0.4 is 5.73 Å². The molecular weight excluding hydrogens is 330 g/mol. The molecule has 1 unspecified atom stereocenters. The largest absolute Gasteiger partial charge is 0.445 e. The Morgan fingerprint density at radius 1 is 1.42 bits per heavy atom. The van der Waals surface area contributed by atoms with Gasteiger partial charge in [-0.25, -0.2) is 4.79 Å². The predicted molar refractivity (Wildman–Crippen MR) is 93.1 cm³/mol. The van der Waals surface area contributed by atoms with Gasteiger partial charge in [0.05, 0.1) is 11.5 Å². The van der Waals surface area contributed by atoms with Crippen LogP contribution in [-0.2, 0) is 19.6 Å². The summed E-state index contributed by atoms with van der Waals surface area (Å²) >= 11 is 6.53. The highest BCUT2D eigenvalue weighted by molar-refractivity contribution is 6.31. The minimum Gasteiger partial charge on any atom is -0.445 e. The number of carbonyl (C=O) groups excluding carboxylic acids is 1. The highest BCUT2D eigenvalue weighted by Crippen LogP contribution is 2.48. The lowest BCUT2D eigenvalue weighted by Gasteiger charge is -2.48. The number of hydrogen-bond donors (Lipinski definition) is 1. The van der Waals surface area contributed by atoms with Gasteiger partial charge in [-0.1, -0.05) is 43.1 Å². The monoisotopic (exact) mass is 355 g/mol. The maximum atomic E-state index is 11.5. The molecule has 5 nitrogen and oxygen atoms in total. The van der Waals surface area contributed by atoms with Crippen LogP contribution in [0, 0.1) is 0 Å². The summed E-state index contributed by atoms with van der Waals surface area (Å²) < 4.78 is 16.6. The van der Waals surface area contributed by atoms with Crippen molar-refractivity contribution >= 4 is 17.7 Å². The number of hydrogen-bond acceptors (Lipinski definition) is 4. The van der Waals surface area contributed by atoms with E-state index in [1.54, 1.807) is 7.11 Å². The average Bonchev–Trinajstić information content (AvgIpc) is 2.57. The Bertz CT molecular complexity index is 554. The number of benzene rings is 1. The molecule has 0 saturated heterocycles. The average molecular weight is 356 g/mol. The third kappa shape index (κ3) is 3.85. The van der Waals surface area contributed by atoms with Gasteiger partial charge < -0.3 is 19.9 Å². The molecule has 0 spiro atoms. The first-order valence-corrected chi connectivity index (χ1v) is 8.75. The molecule has 1 aliphatic rings. The summed E-state index contributed by atoms with van der Waals surface area (Å²) in [4.78, 5) is 11.5. The minimum atomic E-state index is -0.764. The van der Waals surface area contributed by atoms with Gasteiger partial charge >= 0.3 is 6.09 Å². The van der Waals surface area contributed by atoms with E-state index in [0.717, 1.165) is 37.7 Å². The van der Waals surface area contributed by atoms with Crippen LogP contribution in [0.15, 0.2) is 24.3 Å². The van der Waals surface area contributed by atoms with Gasteiger partial charge in [0, 0.05) is 12.1 Å². The molecule has 3 atom stereocenters. The summed E-state index contributed by atoms with van der Waals surface area (Å²) in [5.41, 5.74) is 5.76. The fraction of sp³-hybridized carbons (Fsp3) is 0.611. The Morgan fingerprint density at radius 3 is 2.79 bits per heavy atom. The van der Waals surface area contributed by atoms with E-state index in [9.17, 15) is 4.79 Å². The highest BCUT2D eigenvalue weighted by Gasteiger charge is 2.51. The van der Waals surface area contributed by atoms with Gasteiger partial charge in [0.15, 0.2) is 0 Å². The smallest absolute Gasteiger partial charge is 0.404 e. The fourth-order valence-electron chi connectivity index (χ4n) is 3.94. The fourth-order valence-corrected chi connectivity index (χ4v) is 4.25. The predicted octanol–water partition coefficient (Wildman–Crippen LogP) is 4.01. The standard InChI is InChI=1S/C18H26ClNO4/c1-3-15(23-12-22-2)18(13-8-4-5-9-14(13)19)11-7-6-10-16(18)24-17(20)21/h4-5,8-9,15-16H,3,6-7,10-12H2,1-2H3,(H2,20,21)/t15?,16-,18-/m0/s1. The summed E-state index contributed by atoms with van der Waals surface area (Å²) in [6.45, 7) is 2.23. The first-order chi connectivity index (χ1) is 11.6. The van der Waals surface area contributed by atoms with Crippen molar-refractivity contribution in [3.63, 3.8) is 0 Å². The van der Waals surface area contributed by atoms with E-state index in [-0.39, 0.29) is 19.0 Å². The van der Waals surface area contributed by atoms with Crippen molar-refractivity contribution in [1.29, 1.82) is 0 Å². The van der Waals surface area contributed by atoms with Gasteiger partial charge in [-0.15, -0.1) is 0 Å². The Morgan fingerprint density at radius 2 is 2.17 bits per heavy atom. The zero-order valence-electron chi connectivity index (χ0n) is 14.3. The van der Waals surface area contributed by atoms with Crippen LogP contribution in [0.25, 0.3) is 0 Å². The molecule has 1 aromatic carbocycles. The first kappa shape index (κ1) is 19.0. The number of ether oxygens (including phenoxy) is 3. The quantitative estimate of drug-likeness (QED) is 0.750. The molecular formula is C18H26ClNO4. The van der Waals surface area contributed by atoms with Crippen molar-refractivity contribution in [1.82, 2.24) is 0 Å². The van der Waals surface area contributed by atoms with Crippen molar-refractivity contribution in [3.8, 4) is 0 Å². The zero-order valence-corrected chi connectivity index (χ0v) is 15.1. The van der Waals surface area contributed by atoms with Gasteiger partial charge in [-0.2, -0.15) is 0 Å². The van der Waals surface area contributed by atoms with E-state index in [4.69, 9.17) is 31.5 Å². The molecule has 6 heteroatoms. The minimum absolute atomic E-state index is 0.175. The van der Waals surface area contributed by atoms with Crippen LogP contribution in [0.1, 0.15) is 44.6 Å². The Kier molecular flexibility index (Phi) is 6.90. The van der Waals surface area contributed by atoms with Crippen LogP contribution in [0.5, 0.6) is 0 Å². The molecule has 0 heterocycles. The molecule has 1 aromatic rings. The zero-order chi connectivity index (χ0) is 17.6. The second kappa shape index (κ2) is 8.70. The van der Waals surface area contributed by atoms with E-state index < -0.39 is 11.5 Å². The third-order valence-electron chi connectivity index (χ3n) is 4.85. The molecule has 1 saturated carbocycles. The van der Waals surface area contributed by atoms with Crippen LogP contribution in [0.4, 0.5) is 4.79 Å². The Hall–Kier alpha value is -1.30. The van der Waals surface area contributed by atoms with E-state index in [2.05, 4.69) is 6.92 Å². The first-order valence-electron chi connectivity index (χ1n) is 8.37. The number of methoxy groups -OCH3 is 1. The van der Waals surface area contributed by atoms with Crippen LogP contribution in [-0.4, -0.2) is 32.2 Å². The van der Waals surface area contributed by atoms with Gasteiger partial charge in [0.25, 0.3) is 0 Å². The van der Waals surface area contributed by atoms with Crippen molar-refractivity contribution in [2.75, 3.05) is 13.9 Å². The number of nitrogens with two attached hydrogens (primary N) is 1. The SMILES string of the molecule is CCC(OCOC)[C@@]1(c2ccccc2Cl)CCCC[C@@H]1OC(N)=O. The van der Waals surface area contributed by atoms with Gasteiger partial charge in [0.2, 0.25) is 0 Å². The van der Waals surface area contributed by atoms with Crippen LogP contribution in [0.3, 0.4) is 0 Å². The van der Waals surface area contributed by atoms with E-state index in [1.165, 1.54) is 0 Å². The van der Waals surface area contributed by atoms with Gasteiger partial charge in [-0.05, 0) is 37.3 Å². The van der Waals surface area contributed by atoms with Crippen molar-refractivity contribution in [2.24, 2.45) is 5.73 Å². The van der Waals surface area contributed by atoms with Gasteiger partial charge in [-0.3, -0.25) is 0 Å². The molecule has 24 heavy (non-hydrogen) atoms. The molecule has 0 aliphatic heterocycles. The third-order valence-corrected chi connectivity index (χ3v) is 5.18. The van der Waals surface area contributed by atoms with Crippen molar-refractivity contribution in [3.05, 3.63) is 34.9 Å². The lowest BCUT2D eigenvalue weighted by atomic mass is 9.63. The lowest BCUT2D eigenvalue weighted by molar-refractivity contribution is -0.132. The summed E-state index contributed by atoms with van der Waals surface area (Å²) in [6.07, 6.45) is 2.96. The maximum absolute atomic E-state index is 11.5. The molecule has 1 aliphatic carbocycles. The van der Waals surface area contributed by atoms with Crippen LogP contribution >= 0.6 is 11.6 Å². The Labute approximate surface area is 148 Å². The maximum Gasteiger partial charge on any atom is 0.404 e. The Balaban J connectivity index is 2.53. The summed E-state index contributed by atoms with van der Waals surface area (Å²) in [5, 5.41) is 0.650. The second-order valence-electron chi connectivity index (χ2n) is 6.16. The summed E-state index contributed by atoms with van der Waals surface area (Å²) in [5.74, 6) is 0. The normalized spacial score (nSPS) is 25.2. The molecule has 0 aromatic heterocycles. The number of rotatable bonds is 7. The number of carbonyl (C=O) groups is 1. The lowest BCUT2D eigenvalue weighted by Crippen LogP contribution is -2.54. The van der Waals surface area contributed by atoms with E-state index in [1.807, 2.05) is 24.3 Å². The number of primary amides is 1. The summed E-state index contributed by atoms with van der Waals surface area (Å²) in [7, 11) is 1.59. The molecule has 0 radical (unpaired) electrons. The molecule has 2 N–H and O–H groups in total. The van der Waals surface area contributed by atoms with Crippen LogP contribution in [0.2, 0.25) is 5.02 Å². The number of amides is 1. The molecule has 0 bridgehead atoms. The second-order valence-corrected chi connectivity index (χ2v) is 6.57. The van der Waals surface area contributed by atoms with E-state index in [0.29, 0.717) is 5.02 Å². The van der Waals surface area contributed by atoms with E-state index >= 15 is 0 Å². The summed E-state index contributed by atoms with van der Waals surface area (Å²) in [6, 6.07) is 7.69. The highest BCUT2D eigenvalue weighted by atomic mass is 35.5. The molecule has 134 valence electrons. The van der Waals surface area contributed by atoms with Crippen molar-refractivity contribution < 1.29 is 19.0 Å². The molecule has 1 amide bonds. The number of halogens is 1. The topological polar surface area (TPSA) is 70.8 Å². The molecule has 2 rings (SSSR count).